The molecular weight excluding hydrogens is 108 g/mol. The number of nitrogens with two attached hydrogens (primary N) is 2. The number of hydrogen-bond donors (Lipinski definition) is 4. The molecule has 2 amide bonds. The normalized spacial score (nSPS) is 4.88. The smallest absolute Gasteiger partial charge is 0.326 e. The zero-order valence-corrected chi connectivity index (χ0v) is 5.27. The van der Waals surface area contributed by atoms with Crippen molar-refractivity contribution in [1.29, 1.82) is 0 Å². The second kappa shape index (κ2) is 16.4. The van der Waals surface area contributed by atoms with Gasteiger partial charge in [-0.3, -0.25) is 5.43 Å². The second-order valence-electron chi connectivity index (χ2n) is 0.509. The summed E-state index contributed by atoms with van der Waals surface area (Å²) < 4.78 is 0. The van der Waals surface area contributed by atoms with Crippen LogP contribution in [0.3, 0.4) is 0 Å². The molecule has 52 valence electrons. The highest BCUT2D eigenvalue weighted by molar-refractivity contribution is 5.70. The molecule has 0 aromatic heterocycles. The largest absolute Gasteiger partial charge is 0.351 e. The summed E-state index contributed by atoms with van der Waals surface area (Å²) in [7, 11) is 0. The summed E-state index contributed by atoms with van der Waals surface area (Å²) >= 11 is 0. The van der Waals surface area contributed by atoms with Gasteiger partial charge in [-0.1, -0.05) is 13.8 Å². The Morgan fingerprint density at radius 2 is 1.62 bits per heavy atom. The van der Waals surface area contributed by atoms with E-state index in [4.69, 9.17) is 0 Å². The maximum absolute atomic E-state index is 9.35. The minimum atomic E-state index is -0.718. The van der Waals surface area contributed by atoms with Crippen molar-refractivity contribution in [3.05, 3.63) is 0 Å². The predicted octanol–water partition coefficient (Wildman–Crippen LogP) is -0.283. The van der Waals surface area contributed by atoms with Crippen LogP contribution in [-0.4, -0.2) is 6.03 Å². The van der Waals surface area contributed by atoms with E-state index in [-0.39, 0.29) is 6.15 Å². The number of hydrogen-bond acceptors (Lipinski definition) is 3. The number of rotatable bonds is 0. The molecule has 0 fully saturated rings. The zero-order valence-electron chi connectivity index (χ0n) is 5.27. The summed E-state index contributed by atoms with van der Waals surface area (Å²) in [4.78, 5) is 9.35. The van der Waals surface area contributed by atoms with Crippen LogP contribution in [0.15, 0.2) is 0 Å². The van der Waals surface area contributed by atoms with Gasteiger partial charge in [-0.05, 0) is 0 Å². The van der Waals surface area contributed by atoms with Crippen molar-refractivity contribution in [3.8, 4) is 0 Å². The Kier molecular flexibility index (Phi) is 32.1. The van der Waals surface area contributed by atoms with E-state index in [0.29, 0.717) is 0 Å². The molecule has 0 spiro atoms. The molecule has 0 rings (SSSR count). The van der Waals surface area contributed by atoms with Gasteiger partial charge < -0.3 is 11.9 Å². The molecule has 0 radical (unpaired) electrons. The van der Waals surface area contributed by atoms with Gasteiger partial charge in [0, 0.05) is 0 Å². The summed E-state index contributed by atoms with van der Waals surface area (Å²) in [6, 6.07) is -0.718. The van der Waals surface area contributed by atoms with Crippen molar-refractivity contribution in [2.75, 3.05) is 0 Å². The lowest BCUT2D eigenvalue weighted by molar-refractivity contribution is 0.249. The predicted molar refractivity (Wildman–Crippen MR) is 33.3 cm³/mol. The molecule has 8 heavy (non-hydrogen) atoms. The molecule has 0 aromatic carbocycles. The van der Waals surface area contributed by atoms with Crippen molar-refractivity contribution >= 4 is 6.03 Å². The van der Waals surface area contributed by atoms with Gasteiger partial charge in [-0.15, -0.1) is 0 Å². The summed E-state index contributed by atoms with van der Waals surface area (Å²) in [6.07, 6.45) is 0. The summed E-state index contributed by atoms with van der Waals surface area (Å²) in [6.45, 7) is 4.00. The van der Waals surface area contributed by atoms with Crippen molar-refractivity contribution in [2.45, 2.75) is 13.8 Å². The van der Waals surface area contributed by atoms with Crippen LogP contribution in [0.1, 0.15) is 13.8 Å². The van der Waals surface area contributed by atoms with Crippen LogP contribution in [0.2, 0.25) is 0 Å². The topological polar surface area (TPSA) is 116 Å². The van der Waals surface area contributed by atoms with Gasteiger partial charge in [-0.25, -0.2) is 10.6 Å². The zero-order chi connectivity index (χ0) is 6.28. The van der Waals surface area contributed by atoms with Gasteiger partial charge in [0.05, 0.1) is 0 Å². The fraction of sp³-hybridized carbons (Fsp3) is 0.667. The monoisotopic (exact) mass is 122 g/mol. The average molecular weight is 122 g/mol. The van der Waals surface area contributed by atoms with E-state index in [0.717, 1.165) is 0 Å². The number of carbonyl (C=O) groups is 1. The Balaban J connectivity index is -0.0000000750. The maximum atomic E-state index is 9.35. The van der Waals surface area contributed by atoms with Crippen molar-refractivity contribution in [3.63, 3.8) is 0 Å². The highest BCUT2D eigenvalue weighted by Crippen LogP contribution is 1.34. The Hall–Kier alpha value is -0.810. The third-order valence-corrected chi connectivity index (χ3v) is 0.142. The Bertz CT molecular complexity index is 46.5. The molecular formula is C3H14N4O. The second-order valence-corrected chi connectivity index (χ2v) is 0.509. The van der Waals surface area contributed by atoms with Crippen LogP contribution in [0.4, 0.5) is 4.79 Å². The molecule has 0 saturated heterocycles. The molecule has 5 heteroatoms. The highest BCUT2D eigenvalue weighted by Gasteiger charge is 1.73. The van der Waals surface area contributed by atoms with Crippen LogP contribution in [0.25, 0.3) is 0 Å². The van der Waals surface area contributed by atoms with Gasteiger partial charge in [0.1, 0.15) is 0 Å². The van der Waals surface area contributed by atoms with E-state index in [1.54, 1.807) is 5.43 Å². The van der Waals surface area contributed by atoms with Gasteiger partial charge >= 0.3 is 6.03 Å². The SMILES string of the molecule is CC.N.NNC(N)=O. The number of primary amides is 1. The van der Waals surface area contributed by atoms with Gasteiger partial charge in [0.25, 0.3) is 0 Å². The third-order valence-electron chi connectivity index (χ3n) is 0.142. The molecule has 0 heterocycles. The number of amides is 2. The fourth-order valence-corrected chi connectivity index (χ4v) is 0. The number of hydrazine groups is 1. The Morgan fingerprint density at radius 1 is 1.50 bits per heavy atom. The molecule has 0 bridgehead atoms. The number of nitrogens with one attached hydrogen (secondary N) is 1. The quantitative estimate of drug-likeness (QED) is 0.201. The van der Waals surface area contributed by atoms with Crippen LogP contribution >= 0.6 is 0 Å². The molecule has 8 N–H and O–H groups in total. The van der Waals surface area contributed by atoms with Crippen LogP contribution < -0.4 is 23.2 Å². The van der Waals surface area contributed by atoms with E-state index in [9.17, 15) is 4.79 Å². The molecule has 0 aromatic rings. The van der Waals surface area contributed by atoms with E-state index >= 15 is 0 Å². The lowest BCUT2D eigenvalue weighted by Crippen LogP contribution is -2.34. The lowest BCUT2D eigenvalue weighted by atomic mass is 11.0. The molecule has 0 aliphatic rings. The Labute approximate surface area is 49.0 Å². The van der Waals surface area contributed by atoms with E-state index in [1.807, 2.05) is 13.8 Å². The third kappa shape index (κ3) is 64.3. The molecule has 0 aliphatic carbocycles. The molecule has 0 atom stereocenters. The van der Waals surface area contributed by atoms with Crippen LogP contribution in [-0.2, 0) is 0 Å². The van der Waals surface area contributed by atoms with E-state index < -0.39 is 6.03 Å². The van der Waals surface area contributed by atoms with Crippen LogP contribution in [0, 0.1) is 0 Å². The summed E-state index contributed by atoms with van der Waals surface area (Å²) in [5, 5.41) is 0. The van der Waals surface area contributed by atoms with Gasteiger partial charge in [0.2, 0.25) is 0 Å². The standard InChI is InChI=1S/C2H6.CH5N3O.H3N/c1-2;2-1(5)4-3;/h1-2H3;3H2,(H3,2,4,5);1H3. The molecule has 0 aliphatic heterocycles. The first-order chi connectivity index (χ1) is 3.27. The van der Waals surface area contributed by atoms with Crippen molar-refractivity contribution < 1.29 is 4.79 Å². The summed E-state index contributed by atoms with van der Waals surface area (Å²) in [5.74, 6) is 4.45. The first kappa shape index (κ1) is 15.7. The lowest BCUT2D eigenvalue weighted by Gasteiger charge is -1.81. The molecule has 0 saturated carbocycles. The maximum Gasteiger partial charge on any atom is 0.326 e. The van der Waals surface area contributed by atoms with Crippen molar-refractivity contribution in [2.24, 2.45) is 11.6 Å². The van der Waals surface area contributed by atoms with Crippen LogP contribution in [0.5, 0.6) is 0 Å². The summed E-state index contributed by atoms with van der Waals surface area (Å²) in [5.41, 5.74) is 6.08. The molecule has 0 unspecified atom stereocenters. The first-order valence-electron chi connectivity index (χ1n) is 2.03. The first-order valence-corrected chi connectivity index (χ1v) is 2.03. The highest BCUT2D eigenvalue weighted by atomic mass is 16.2. The number of urea groups is 1. The average Bonchev–Trinajstić information content (AvgIpc) is 1.73. The minimum Gasteiger partial charge on any atom is -0.351 e. The van der Waals surface area contributed by atoms with E-state index in [2.05, 4.69) is 11.6 Å². The minimum absolute atomic E-state index is 0. The van der Waals surface area contributed by atoms with Crippen molar-refractivity contribution in [1.82, 2.24) is 11.6 Å². The van der Waals surface area contributed by atoms with E-state index in [1.165, 1.54) is 0 Å². The van der Waals surface area contributed by atoms with Gasteiger partial charge in [0.15, 0.2) is 0 Å². The molecule has 5 nitrogen and oxygen atoms in total. The number of carbonyl (C=O) groups excluding carboxylic acids is 1. The van der Waals surface area contributed by atoms with Gasteiger partial charge in [-0.2, -0.15) is 0 Å². The fourth-order valence-electron chi connectivity index (χ4n) is 0. The Morgan fingerprint density at radius 3 is 1.62 bits per heavy atom.